The minimum absolute atomic E-state index is 0.00161. The van der Waals surface area contributed by atoms with Crippen LogP contribution in [0, 0.1) is 6.92 Å². The van der Waals surface area contributed by atoms with E-state index in [0.717, 1.165) is 6.08 Å². The quantitative estimate of drug-likeness (QED) is 0.210. The number of cyclic esters (lactones) is 1. The lowest BCUT2D eigenvalue weighted by Gasteiger charge is -2.29. The van der Waals surface area contributed by atoms with Crippen LogP contribution in [0.4, 0.5) is 0 Å². The average molecular weight is 550 g/mol. The van der Waals surface area contributed by atoms with Crippen molar-refractivity contribution in [3.05, 3.63) is 63.1 Å². The number of esters is 1. The maximum absolute atomic E-state index is 14.0. The first-order chi connectivity index (χ1) is 18.9. The summed E-state index contributed by atoms with van der Waals surface area (Å²) in [6.45, 7) is 5.70. The first-order valence-electron chi connectivity index (χ1n) is 12.4. The van der Waals surface area contributed by atoms with E-state index in [9.17, 15) is 29.4 Å². The van der Waals surface area contributed by atoms with Crippen molar-refractivity contribution in [2.45, 2.75) is 39.2 Å². The van der Waals surface area contributed by atoms with Crippen LogP contribution in [0.2, 0.25) is 0 Å². The van der Waals surface area contributed by atoms with Gasteiger partial charge in [-0.05, 0) is 33.8 Å². The molecule has 11 heteroatoms. The summed E-state index contributed by atoms with van der Waals surface area (Å²) >= 11 is 0. The van der Waals surface area contributed by atoms with Gasteiger partial charge in [0.15, 0.2) is 28.8 Å². The minimum atomic E-state index is -1.63. The molecule has 0 fully saturated rings. The Labute approximate surface area is 229 Å². The summed E-state index contributed by atoms with van der Waals surface area (Å²) in [6.07, 6.45) is 0.399. The Hall–Kier alpha value is -4.80. The molecule has 2 aliphatic heterocycles. The van der Waals surface area contributed by atoms with Crippen LogP contribution in [-0.2, 0) is 19.7 Å². The standard InChI is InChI=1S/C29H27NO10/c1-11-23(33)20(13(3)31)26-22(24(11)34)29(4)18(40-26)9-15(32)19(27(29)35)12(2)30-10-17-14-7-8-16(37-5)25(38-6)21(14)28(36)39-17/h7-9,17,30,33-34H,10H2,1-6H3. The molecule has 0 spiro atoms. The van der Waals surface area contributed by atoms with Crippen LogP contribution >= 0.6 is 0 Å². The molecule has 0 saturated heterocycles. The number of carbonyl (C=O) groups is 4. The van der Waals surface area contributed by atoms with Crippen molar-refractivity contribution < 1.29 is 48.3 Å². The number of ether oxygens (including phenoxy) is 4. The number of phenolic OH excluding ortho intramolecular Hbond substituents is 2. The number of carbonyl (C=O) groups excluding carboxylic acids is 4. The van der Waals surface area contributed by atoms with Crippen LogP contribution in [0.3, 0.4) is 0 Å². The number of nitrogens with one attached hydrogen (secondary N) is 1. The summed E-state index contributed by atoms with van der Waals surface area (Å²) in [6, 6.07) is 3.34. The Kier molecular flexibility index (Phi) is 6.13. The second kappa shape index (κ2) is 9.15. The number of allylic oxidation sites excluding steroid dienone is 4. The van der Waals surface area contributed by atoms with Gasteiger partial charge >= 0.3 is 5.97 Å². The van der Waals surface area contributed by atoms with E-state index in [2.05, 4.69) is 5.32 Å². The maximum atomic E-state index is 14.0. The van der Waals surface area contributed by atoms with Crippen LogP contribution < -0.4 is 19.5 Å². The zero-order valence-electron chi connectivity index (χ0n) is 22.7. The molecule has 0 saturated carbocycles. The first kappa shape index (κ1) is 26.8. The van der Waals surface area contributed by atoms with Crippen molar-refractivity contribution in [2.24, 2.45) is 0 Å². The summed E-state index contributed by atoms with van der Waals surface area (Å²) in [5.41, 5.74) is -0.991. The molecule has 2 heterocycles. The molecule has 0 aromatic heterocycles. The molecule has 3 aliphatic rings. The highest BCUT2D eigenvalue weighted by Gasteiger charge is 2.56. The van der Waals surface area contributed by atoms with Gasteiger partial charge in [-0.15, -0.1) is 0 Å². The zero-order valence-corrected chi connectivity index (χ0v) is 22.7. The highest BCUT2D eigenvalue weighted by molar-refractivity contribution is 6.31. The van der Waals surface area contributed by atoms with E-state index in [4.69, 9.17) is 18.9 Å². The van der Waals surface area contributed by atoms with Crippen molar-refractivity contribution in [3.63, 3.8) is 0 Å². The Balaban J connectivity index is 1.52. The molecular formula is C29H27NO10. The van der Waals surface area contributed by atoms with Crippen LogP contribution in [0.1, 0.15) is 64.3 Å². The lowest BCUT2D eigenvalue weighted by atomic mass is 9.70. The molecule has 2 atom stereocenters. The summed E-state index contributed by atoms with van der Waals surface area (Å²) in [5, 5.41) is 24.5. The fourth-order valence-electron chi connectivity index (χ4n) is 5.52. The predicted molar refractivity (Wildman–Crippen MR) is 139 cm³/mol. The molecule has 2 aromatic rings. The topological polar surface area (TPSA) is 158 Å². The SMILES string of the molecule is COc1ccc2c(c1OC)C(=O)OC2CNC(C)=C1C(=O)C=C2Oc3c(C(C)=O)c(O)c(C)c(O)c3C2(C)C1=O. The van der Waals surface area contributed by atoms with Gasteiger partial charge in [0.25, 0.3) is 0 Å². The van der Waals surface area contributed by atoms with Crippen molar-refractivity contribution in [1.82, 2.24) is 5.32 Å². The number of benzene rings is 2. The molecule has 2 aromatic carbocycles. The van der Waals surface area contributed by atoms with E-state index in [-0.39, 0.29) is 57.3 Å². The van der Waals surface area contributed by atoms with Crippen molar-refractivity contribution in [2.75, 3.05) is 20.8 Å². The largest absolute Gasteiger partial charge is 0.507 e. The van der Waals surface area contributed by atoms with Crippen LogP contribution in [0.25, 0.3) is 0 Å². The summed E-state index contributed by atoms with van der Waals surface area (Å²) in [4.78, 5) is 52.1. The number of hydrogen-bond donors (Lipinski definition) is 3. The van der Waals surface area contributed by atoms with Gasteiger partial charge < -0.3 is 34.5 Å². The molecular weight excluding hydrogens is 522 g/mol. The smallest absolute Gasteiger partial charge is 0.343 e. The summed E-state index contributed by atoms with van der Waals surface area (Å²) in [7, 11) is 2.87. The molecule has 3 N–H and O–H groups in total. The van der Waals surface area contributed by atoms with Gasteiger partial charge in [-0.1, -0.05) is 6.07 Å². The highest BCUT2D eigenvalue weighted by Crippen LogP contribution is 2.57. The van der Waals surface area contributed by atoms with E-state index >= 15 is 0 Å². The van der Waals surface area contributed by atoms with Gasteiger partial charge in [-0.2, -0.15) is 0 Å². The van der Waals surface area contributed by atoms with Gasteiger partial charge in [-0.25, -0.2) is 4.79 Å². The first-order valence-corrected chi connectivity index (χ1v) is 12.4. The van der Waals surface area contributed by atoms with Crippen LogP contribution in [-0.4, -0.2) is 54.3 Å². The second-order valence-electron chi connectivity index (χ2n) is 9.93. The number of methoxy groups -OCH3 is 2. The average Bonchev–Trinajstić information content (AvgIpc) is 3.39. The van der Waals surface area contributed by atoms with Gasteiger partial charge in [0.1, 0.15) is 45.7 Å². The fourth-order valence-corrected chi connectivity index (χ4v) is 5.52. The van der Waals surface area contributed by atoms with E-state index in [1.165, 1.54) is 35.0 Å². The highest BCUT2D eigenvalue weighted by atomic mass is 16.6. The number of fused-ring (bicyclic) bond motifs is 4. The number of aromatic hydroxyl groups is 2. The summed E-state index contributed by atoms with van der Waals surface area (Å²) in [5.74, 6) is -2.90. The molecule has 40 heavy (non-hydrogen) atoms. The lowest BCUT2D eigenvalue weighted by molar-refractivity contribution is -0.123. The Morgan fingerprint density at radius 1 is 1.10 bits per heavy atom. The van der Waals surface area contributed by atoms with Gasteiger partial charge in [0, 0.05) is 22.9 Å². The van der Waals surface area contributed by atoms with Crippen molar-refractivity contribution >= 4 is 23.3 Å². The van der Waals surface area contributed by atoms with Crippen LogP contribution in [0.15, 0.2) is 35.2 Å². The second-order valence-corrected chi connectivity index (χ2v) is 9.93. The third-order valence-corrected chi connectivity index (χ3v) is 7.69. The number of rotatable bonds is 6. The molecule has 208 valence electrons. The number of ketones is 3. The van der Waals surface area contributed by atoms with Crippen LogP contribution in [0.5, 0.6) is 28.7 Å². The van der Waals surface area contributed by atoms with Gasteiger partial charge in [0.05, 0.1) is 31.9 Å². The van der Waals surface area contributed by atoms with E-state index in [0.29, 0.717) is 11.3 Å². The van der Waals surface area contributed by atoms with E-state index in [1.807, 2.05) is 0 Å². The third-order valence-electron chi connectivity index (χ3n) is 7.69. The molecule has 2 unspecified atom stereocenters. The Morgan fingerprint density at radius 3 is 2.42 bits per heavy atom. The molecule has 0 amide bonds. The monoisotopic (exact) mass is 549 g/mol. The lowest BCUT2D eigenvalue weighted by Crippen LogP contribution is -2.41. The van der Waals surface area contributed by atoms with Crippen molar-refractivity contribution in [3.8, 4) is 28.7 Å². The third kappa shape index (κ3) is 3.50. The van der Waals surface area contributed by atoms with Crippen molar-refractivity contribution in [1.29, 1.82) is 0 Å². The molecule has 11 nitrogen and oxygen atoms in total. The molecule has 0 radical (unpaired) electrons. The van der Waals surface area contributed by atoms with E-state index < -0.39 is 46.3 Å². The zero-order chi connectivity index (χ0) is 29.3. The summed E-state index contributed by atoms with van der Waals surface area (Å²) < 4.78 is 21.9. The van der Waals surface area contributed by atoms with Gasteiger partial charge in [0.2, 0.25) is 0 Å². The normalized spacial score (nSPS) is 22.0. The number of Topliss-reactive ketones (excluding diaryl/α,β-unsaturated/α-hetero) is 2. The Bertz CT molecular complexity index is 1620. The Morgan fingerprint density at radius 2 is 1.80 bits per heavy atom. The predicted octanol–water partition coefficient (Wildman–Crippen LogP) is 3.09. The minimum Gasteiger partial charge on any atom is -0.507 e. The van der Waals surface area contributed by atoms with E-state index in [1.54, 1.807) is 19.1 Å². The van der Waals surface area contributed by atoms with Gasteiger partial charge in [-0.3, -0.25) is 14.4 Å². The number of phenols is 2. The molecule has 0 bridgehead atoms. The number of hydrogen-bond acceptors (Lipinski definition) is 11. The fraction of sp³-hybridized carbons (Fsp3) is 0.310. The molecule has 5 rings (SSSR count). The molecule has 1 aliphatic carbocycles. The maximum Gasteiger partial charge on any atom is 0.343 e.